The number of ether oxygens (including phenoxy) is 1. The Hall–Kier alpha value is -3.03. The van der Waals surface area contributed by atoms with Crippen molar-refractivity contribution in [3.8, 4) is 5.75 Å². The van der Waals surface area contributed by atoms with Gasteiger partial charge in [-0.3, -0.25) is 9.10 Å². The minimum absolute atomic E-state index is 0.0659. The summed E-state index contributed by atoms with van der Waals surface area (Å²) in [5.41, 5.74) is 3.81. The van der Waals surface area contributed by atoms with Crippen LogP contribution < -0.4 is 14.4 Å². The zero-order valence-corrected chi connectivity index (χ0v) is 21.3. The van der Waals surface area contributed by atoms with E-state index in [-0.39, 0.29) is 16.3 Å². The highest BCUT2D eigenvalue weighted by molar-refractivity contribution is 7.92. The molecule has 8 heteroatoms. The minimum atomic E-state index is -4.11. The molecule has 0 aliphatic carbocycles. The monoisotopic (exact) mass is 500 g/mol. The molecule has 0 heterocycles. The van der Waals surface area contributed by atoms with Crippen molar-refractivity contribution in [3.05, 3.63) is 82.4 Å². The lowest BCUT2D eigenvalue weighted by Gasteiger charge is -2.26. The number of nitrogens with zero attached hydrogens (tertiary/aromatic N) is 1. The number of hydrogen-bond donors (Lipinski definition) is 1. The maximum Gasteiger partial charge on any atom is 0.264 e. The number of aryl methyl sites for hydroxylation is 3. The Morgan fingerprint density at radius 3 is 2.18 bits per heavy atom. The van der Waals surface area contributed by atoms with E-state index in [9.17, 15) is 13.2 Å². The minimum Gasteiger partial charge on any atom is -0.495 e. The molecule has 0 aliphatic rings. The molecule has 0 atom stereocenters. The van der Waals surface area contributed by atoms with E-state index in [0.717, 1.165) is 39.5 Å². The van der Waals surface area contributed by atoms with E-state index in [4.69, 9.17) is 16.3 Å². The molecule has 180 valence electrons. The fourth-order valence-electron chi connectivity index (χ4n) is 3.71. The molecule has 0 unspecified atom stereocenters. The Balaban J connectivity index is 2.06. The average molecular weight is 501 g/mol. The van der Waals surface area contributed by atoms with Gasteiger partial charge in [0.2, 0.25) is 5.91 Å². The predicted molar refractivity (Wildman–Crippen MR) is 138 cm³/mol. The van der Waals surface area contributed by atoms with E-state index >= 15 is 0 Å². The van der Waals surface area contributed by atoms with E-state index in [1.54, 1.807) is 24.3 Å². The van der Waals surface area contributed by atoms with Crippen molar-refractivity contribution in [2.24, 2.45) is 0 Å². The average Bonchev–Trinajstić information content (AvgIpc) is 2.82. The predicted octanol–water partition coefficient (Wildman–Crippen LogP) is 5.62. The topological polar surface area (TPSA) is 75.7 Å². The Kier molecular flexibility index (Phi) is 8.23. The molecule has 0 radical (unpaired) electrons. The van der Waals surface area contributed by atoms with Crippen LogP contribution in [0.3, 0.4) is 0 Å². The van der Waals surface area contributed by atoms with Gasteiger partial charge < -0.3 is 10.1 Å². The lowest BCUT2D eigenvalue weighted by Crippen LogP contribution is -2.38. The van der Waals surface area contributed by atoms with Crippen molar-refractivity contribution in [2.45, 2.75) is 38.5 Å². The van der Waals surface area contributed by atoms with Crippen LogP contribution >= 0.6 is 11.6 Å². The first-order valence-corrected chi connectivity index (χ1v) is 12.9. The highest BCUT2D eigenvalue weighted by Gasteiger charge is 2.30. The van der Waals surface area contributed by atoms with Crippen LogP contribution in [0.1, 0.15) is 30.5 Å². The van der Waals surface area contributed by atoms with Gasteiger partial charge in [-0.1, -0.05) is 61.3 Å². The first-order chi connectivity index (χ1) is 16.2. The first kappa shape index (κ1) is 25.6. The molecular weight excluding hydrogens is 472 g/mol. The smallest absolute Gasteiger partial charge is 0.264 e. The molecule has 0 saturated carbocycles. The van der Waals surface area contributed by atoms with Crippen LogP contribution in [0.25, 0.3) is 0 Å². The number of methoxy groups -OCH3 is 1. The maximum absolute atomic E-state index is 13.7. The fourth-order valence-corrected chi connectivity index (χ4v) is 5.30. The number of benzene rings is 3. The molecule has 0 fully saturated rings. The van der Waals surface area contributed by atoms with E-state index in [0.29, 0.717) is 5.02 Å². The second kappa shape index (κ2) is 10.9. The molecule has 0 aliphatic heterocycles. The second-order valence-corrected chi connectivity index (χ2v) is 10.1. The van der Waals surface area contributed by atoms with Crippen molar-refractivity contribution in [2.75, 3.05) is 23.3 Å². The standard InChI is InChI=1S/C26H29ClN2O4S/c1-5-19-8-7-9-20(6-2)26(19)28-25(30)17-29(23-16-21(27)12-15-24(23)33-4)34(31,32)22-13-10-18(3)11-14-22/h7-16H,5-6,17H2,1-4H3,(H,28,30). The highest BCUT2D eigenvalue weighted by atomic mass is 35.5. The van der Waals surface area contributed by atoms with Crippen LogP contribution in [0, 0.1) is 6.92 Å². The number of nitrogens with one attached hydrogen (secondary N) is 1. The van der Waals surface area contributed by atoms with Crippen LogP contribution in [-0.2, 0) is 27.7 Å². The van der Waals surface area contributed by atoms with Gasteiger partial charge in [-0.15, -0.1) is 0 Å². The van der Waals surface area contributed by atoms with Crippen LogP contribution in [-0.4, -0.2) is 28.0 Å². The molecule has 0 spiro atoms. The molecule has 3 aromatic carbocycles. The number of anilines is 2. The number of rotatable bonds is 9. The number of halogens is 1. The fraction of sp³-hybridized carbons (Fsp3) is 0.269. The summed E-state index contributed by atoms with van der Waals surface area (Å²) in [6.45, 7) is 5.44. The largest absolute Gasteiger partial charge is 0.495 e. The van der Waals surface area contributed by atoms with Crippen LogP contribution in [0.2, 0.25) is 5.02 Å². The van der Waals surface area contributed by atoms with E-state index in [1.807, 2.05) is 39.0 Å². The summed E-state index contributed by atoms with van der Waals surface area (Å²) in [5.74, 6) is -0.176. The number of sulfonamides is 1. The van der Waals surface area contributed by atoms with Crippen LogP contribution in [0.4, 0.5) is 11.4 Å². The summed E-state index contributed by atoms with van der Waals surface area (Å²) in [4.78, 5) is 13.3. The van der Waals surface area contributed by atoms with Gasteiger partial charge in [0.15, 0.2) is 0 Å². The maximum atomic E-state index is 13.7. The van der Waals surface area contributed by atoms with Crippen molar-refractivity contribution in [1.29, 1.82) is 0 Å². The summed E-state index contributed by atoms with van der Waals surface area (Å²) in [6.07, 6.45) is 1.47. The van der Waals surface area contributed by atoms with E-state index in [1.165, 1.54) is 25.3 Å². The first-order valence-electron chi connectivity index (χ1n) is 11.0. The van der Waals surface area contributed by atoms with Gasteiger partial charge >= 0.3 is 0 Å². The van der Waals surface area contributed by atoms with Crippen molar-refractivity contribution < 1.29 is 17.9 Å². The summed E-state index contributed by atoms with van der Waals surface area (Å²) < 4.78 is 33.9. The number of carbonyl (C=O) groups excluding carboxylic acids is 1. The lowest BCUT2D eigenvalue weighted by molar-refractivity contribution is -0.114. The summed E-state index contributed by atoms with van der Waals surface area (Å²) in [6, 6.07) is 17.0. The van der Waals surface area contributed by atoms with Gasteiger partial charge in [0, 0.05) is 10.7 Å². The van der Waals surface area contributed by atoms with Crippen LogP contribution in [0.15, 0.2) is 65.6 Å². The quantitative estimate of drug-likeness (QED) is 0.414. The molecule has 0 bridgehead atoms. The van der Waals surface area contributed by atoms with E-state index < -0.39 is 22.5 Å². The molecule has 0 aromatic heterocycles. The second-order valence-electron chi connectivity index (χ2n) is 7.85. The van der Waals surface area contributed by atoms with Gasteiger partial charge in [-0.25, -0.2) is 8.42 Å². The number of carbonyl (C=O) groups is 1. The zero-order chi connectivity index (χ0) is 24.9. The molecule has 0 saturated heterocycles. The Morgan fingerprint density at radius 2 is 1.62 bits per heavy atom. The number of amides is 1. The lowest BCUT2D eigenvalue weighted by atomic mass is 10.0. The normalized spacial score (nSPS) is 11.2. The van der Waals surface area contributed by atoms with E-state index in [2.05, 4.69) is 5.32 Å². The third kappa shape index (κ3) is 5.54. The number of hydrogen-bond acceptors (Lipinski definition) is 4. The zero-order valence-electron chi connectivity index (χ0n) is 19.8. The Bertz CT molecular complexity index is 1250. The molecular formula is C26H29ClN2O4S. The van der Waals surface area contributed by atoms with Crippen LogP contribution in [0.5, 0.6) is 5.75 Å². The molecule has 3 rings (SSSR count). The summed E-state index contributed by atoms with van der Waals surface area (Å²) in [7, 11) is -2.67. The molecule has 34 heavy (non-hydrogen) atoms. The van der Waals surface area contributed by atoms with Crippen molar-refractivity contribution in [1.82, 2.24) is 0 Å². The van der Waals surface area contributed by atoms with Gasteiger partial charge in [-0.2, -0.15) is 0 Å². The van der Waals surface area contributed by atoms with Gasteiger partial charge in [0.05, 0.1) is 17.7 Å². The van der Waals surface area contributed by atoms with Crippen molar-refractivity contribution >= 4 is 38.9 Å². The van der Waals surface area contributed by atoms with Gasteiger partial charge in [0.1, 0.15) is 12.3 Å². The molecule has 1 amide bonds. The summed E-state index contributed by atoms with van der Waals surface area (Å²) in [5, 5.41) is 3.27. The molecule has 1 N–H and O–H groups in total. The molecule has 6 nitrogen and oxygen atoms in total. The summed E-state index contributed by atoms with van der Waals surface area (Å²) >= 11 is 6.20. The van der Waals surface area contributed by atoms with Gasteiger partial charge in [0.25, 0.3) is 10.0 Å². The third-order valence-electron chi connectivity index (χ3n) is 5.57. The van der Waals surface area contributed by atoms with Gasteiger partial charge in [-0.05, 0) is 61.2 Å². The SMILES string of the molecule is CCc1cccc(CC)c1NC(=O)CN(c1cc(Cl)ccc1OC)S(=O)(=O)c1ccc(C)cc1. The van der Waals surface area contributed by atoms with Crippen molar-refractivity contribution in [3.63, 3.8) is 0 Å². The highest BCUT2D eigenvalue weighted by Crippen LogP contribution is 2.35. The third-order valence-corrected chi connectivity index (χ3v) is 7.58. The Labute approximate surface area is 206 Å². The number of para-hydroxylation sites is 1. The Morgan fingerprint density at radius 1 is 1.00 bits per heavy atom. The molecule has 3 aromatic rings.